The van der Waals surface area contributed by atoms with Crippen molar-refractivity contribution in [3.8, 4) is 0 Å². The highest BCUT2D eigenvalue weighted by Gasteiger charge is 2.31. The van der Waals surface area contributed by atoms with Crippen molar-refractivity contribution in [3.63, 3.8) is 0 Å². The number of rotatable bonds is 3. The highest BCUT2D eigenvalue weighted by atomic mass is 19.4. The first-order valence-electron chi connectivity index (χ1n) is 4.79. The molecule has 3 N–H and O–H groups in total. The Morgan fingerprint density at radius 3 is 2.72 bits per heavy atom. The molecule has 6 nitrogen and oxygen atoms in total. The van der Waals surface area contributed by atoms with Crippen LogP contribution in [0.5, 0.6) is 0 Å². The lowest BCUT2D eigenvalue weighted by Crippen LogP contribution is -2.10. The largest absolute Gasteiger partial charge is 0.416 e. The third kappa shape index (κ3) is 2.87. The van der Waals surface area contributed by atoms with E-state index in [1.807, 2.05) is 0 Å². The number of hydrogen-bond acceptors (Lipinski definition) is 6. The SMILES string of the molecule is Nc1cc(C(F)(F)F)cc(NCc2ncon2)n1. The summed E-state index contributed by atoms with van der Waals surface area (Å²) in [6.07, 6.45) is -3.36. The molecule has 0 radical (unpaired) electrons. The van der Waals surface area contributed by atoms with Gasteiger partial charge < -0.3 is 15.6 Å². The van der Waals surface area contributed by atoms with Gasteiger partial charge in [0.25, 0.3) is 0 Å². The van der Waals surface area contributed by atoms with Crippen LogP contribution in [-0.2, 0) is 12.7 Å². The van der Waals surface area contributed by atoms with Crippen LogP contribution in [0.1, 0.15) is 11.4 Å². The molecule has 0 amide bonds. The molecule has 96 valence electrons. The van der Waals surface area contributed by atoms with Crippen LogP contribution in [0, 0.1) is 0 Å². The van der Waals surface area contributed by atoms with E-state index in [1.165, 1.54) is 0 Å². The summed E-state index contributed by atoms with van der Waals surface area (Å²) in [5, 5.41) is 6.12. The lowest BCUT2D eigenvalue weighted by Gasteiger charge is -2.10. The Bertz CT molecular complexity index is 525. The van der Waals surface area contributed by atoms with E-state index < -0.39 is 11.7 Å². The number of pyridine rings is 1. The molecule has 0 atom stereocenters. The van der Waals surface area contributed by atoms with Crippen molar-refractivity contribution in [2.75, 3.05) is 11.1 Å². The highest BCUT2D eigenvalue weighted by molar-refractivity contribution is 5.47. The van der Waals surface area contributed by atoms with Crippen molar-refractivity contribution < 1.29 is 17.7 Å². The maximum Gasteiger partial charge on any atom is 0.416 e. The number of nitrogen functional groups attached to an aromatic ring is 1. The van der Waals surface area contributed by atoms with Gasteiger partial charge in [-0.25, -0.2) is 4.98 Å². The minimum absolute atomic E-state index is 0.00729. The van der Waals surface area contributed by atoms with Crippen molar-refractivity contribution in [1.82, 2.24) is 15.1 Å². The van der Waals surface area contributed by atoms with E-state index in [0.717, 1.165) is 18.5 Å². The number of aromatic nitrogens is 3. The van der Waals surface area contributed by atoms with Gasteiger partial charge in [-0.1, -0.05) is 5.16 Å². The highest BCUT2D eigenvalue weighted by Crippen LogP contribution is 2.31. The standard InChI is InChI=1S/C9H8F3N5O/c10-9(11,12)5-1-6(13)16-7(2-5)14-3-8-15-4-18-17-8/h1-2,4H,3H2,(H3,13,14,16). The van der Waals surface area contributed by atoms with E-state index in [-0.39, 0.29) is 18.2 Å². The first-order valence-corrected chi connectivity index (χ1v) is 4.79. The summed E-state index contributed by atoms with van der Waals surface area (Å²) >= 11 is 0. The number of hydrogen-bond donors (Lipinski definition) is 2. The van der Waals surface area contributed by atoms with Crippen molar-refractivity contribution in [2.24, 2.45) is 0 Å². The molecule has 2 aromatic heterocycles. The fourth-order valence-electron chi connectivity index (χ4n) is 1.25. The Labute approximate surface area is 99.0 Å². The van der Waals surface area contributed by atoms with Crippen molar-refractivity contribution in [3.05, 3.63) is 29.9 Å². The lowest BCUT2D eigenvalue weighted by atomic mass is 10.2. The molecule has 0 aliphatic rings. The number of anilines is 2. The van der Waals surface area contributed by atoms with Gasteiger partial charge in [0, 0.05) is 0 Å². The van der Waals surface area contributed by atoms with Crippen LogP contribution < -0.4 is 11.1 Å². The molecule has 18 heavy (non-hydrogen) atoms. The molecular formula is C9H8F3N5O. The summed E-state index contributed by atoms with van der Waals surface area (Å²) in [7, 11) is 0. The molecule has 0 saturated heterocycles. The van der Waals surface area contributed by atoms with Crippen LogP contribution in [0.25, 0.3) is 0 Å². The fourth-order valence-corrected chi connectivity index (χ4v) is 1.25. The molecule has 0 unspecified atom stereocenters. The quantitative estimate of drug-likeness (QED) is 0.871. The van der Waals surface area contributed by atoms with Gasteiger partial charge in [-0.3, -0.25) is 0 Å². The minimum atomic E-state index is -4.47. The molecule has 9 heteroatoms. The molecule has 0 aromatic carbocycles. The average Bonchev–Trinajstić information content (AvgIpc) is 2.77. The Morgan fingerprint density at radius 1 is 1.33 bits per heavy atom. The van der Waals surface area contributed by atoms with Gasteiger partial charge in [0.15, 0.2) is 5.82 Å². The van der Waals surface area contributed by atoms with Crippen LogP contribution >= 0.6 is 0 Å². The zero-order valence-electron chi connectivity index (χ0n) is 8.90. The number of nitrogens with two attached hydrogens (primary N) is 1. The molecular weight excluding hydrogens is 251 g/mol. The molecule has 0 spiro atoms. The van der Waals surface area contributed by atoms with Gasteiger partial charge >= 0.3 is 6.18 Å². The normalized spacial score (nSPS) is 11.5. The lowest BCUT2D eigenvalue weighted by molar-refractivity contribution is -0.137. The van der Waals surface area contributed by atoms with Gasteiger partial charge in [0.05, 0.1) is 12.1 Å². The molecule has 2 aromatic rings. The smallest absolute Gasteiger partial charge is 0.384 e. The minimum Gasteiger partial charge on any atom is -0.384 e. The van der Waals surface area contributed by atoms with Crippen LogP contribution in [0.15, 0.2) is 23.0 Å². The molecule has 0 bridgehead atoms. The van der Waals surface area contributed by atoms with E-state index in [9.17, 15) is 13.2 Å². The Balaban J connectivity index is 2.15. The fraction of sp³-hybridized carbons (Fsp3) is 0.222. The van der Waals surface area contributed by atoms with Gasteiger partial charge in [0.1, 0.15) is 11.6 Å². The summed E-state index contributed by atoms with van der Waals surface area (Å²) in [5.74, 6) is 0.0698. The Morgan fingerprint density at radius 2 is 2.11 bits per heavy atom. The molecule has 2 rings (SSSR count). The number of halogens is 3. The number of nitrogens with zero attached hydrogens (tertiary/aromatic N) is 3. The zero-order valence-corrected chi connectivity index (χ0v) is 8.90. The molecule has 0 aliphatic heterocycles. The van der Waals surface area contributed by atoms with Gasteiger partial charge in [-0.05, 0) is 12.1 Å². The average molecular weight is 259 g/mol. The van der Waals surface area contributed by atoms with Crippen molar-refractivity contribution in [2.45, 2.75) is 12.7 Å². The summed E-state index contributed by atoms with van der Waals surface area (Å²) in [6, 6.07) is 1.62. The predicted molar refractivity (Wildman–Crippen MR) is 55.3 cm³/mol. The van der Waals surface area contributed by atoms with Crippen LogP contribution in [0.4, 0.5) is 24.8 Å². The number of nitrogens with one attached hydrogen (secondary N) is 1. The second kappa shape index (κ2) is 4.51. The Hall–Kier alpha value is -2.32. The molecule has 0 saturated carbocycles. The van der Waals surface area contributed by atoms with Crippen molar-refractivity contribution >= 4 is 11.6 Å². The van der Waals surface area contributed by atoms with Crippen molar-refractivity contribution in [1.29, 1.82) is 0 Å². The second-order valence-corrected chi connectivity index (χ2v) is 3.36. The van der Waals surface area contributed by atoms with Gasteiger partial charge in [0.2, 0.25) is 6.39 Å². The zero-order chi connectivity index (χ0) is 13.2. The summed E-state index contributed by atoms with van der Waals surface area (Å²) in [6.45, 7) is 0.0876. The van der Waals surface area contributed by atoms with E-state index in [0.29, 0.717) is 5.82 Å². The monoisotopic (exact) mass is 259 g/mol. The predicted octanol–water partition coefficient (Wildman–Crippen LogP) is 1.68. The maximum absolute atomic E-state index is 12.5. The van der Waals surface area contributed by atoms with Crippen LogP contribution in [0.2, 0.25) is 0 Å². The van der Waals surface area contributed by atoms with Gasteiger partial charge in [-0.15, -0.1) is 0 Å². The van der Waals surface area contributed by atoms with E-state index in [2.05, 4.69) is 25.0 Å². The van der Waals surface area contributed by atoms with E-state index in [1.54, 1.807) is 0 Å². The first kappa shape index (κ1) is 12.1. The summed E-state index contributed by atoms with van der Waals surface area (Å²) in [5.41, 5.74) is 4.43. The third-order valence-corrected chi connectivity index (χ3v) is 2.01. The molecule has 0 fully saturated rings. The van der Waals surface area contributed by atoms with E-state index in [4.69, 9.17) is 5.73 Å². The van der Waals surface area contributed by atoms with Crippen LogP contribution in [0.3, 0.4) is 0 Å². The van der Waals surface area contributed by atoms with Gasteiger partial charge in [-0.2, -0.15) is 18.2 Å². The maximum atomic E-state index is 12.5. The summed E-state index contributed by atoms with van der Waals surface area (Å²) < 4.78 is 42.0. The molecule has 2 heterocycles. The molecule has 0 aliphatic carbocycles. The first-order chi connectivity index (χ1) is 8.45. The third-order valence-electron chi connectivity index (χ3n) is 2.01. The van der Waals surface area contributed by atoms with Crippen LogP contribution in [-0.4, -0.2) is 15.1 Å². The second-order valence-electron chi connectivity index (χ2n) is 3.36. The Kier molecular flexibility index (Phi) is 3.04. The topological polar surface area (TPSA) is 89.9 Å². The number of alkyl halides is 3. The summed E-state index contributed by atoms with van der Waals surface area (Å²) in [4.78, 5) is 7.43. The van der Waals surface area contributed by atoms with E-state index >= 15 is 0 Å².